The van der Waals surface area contributed by atoms with Crippen LogP contribution in [0.15, 0.2) is 40.2 Å². The number of aryl methyl sites for hydroxylation is 1. The maximum Gasteiger partial charge on any atom is 0.305 e. The number of aromatic amines is 2. The van der Waals surface area contributed by atoms with Gasteiger partial charge in [-0.25, -0.2) is 4.99 Å². The first-order chi connectivity index (χ1) is 14.9. The number of aliphatic imine (C=N–C) groups is 1. The van der Waals surface area contributed by atoms with Gasteiger partial charge in [0.2, 0.25) is 0 Å². The van der Waals surface area contributed by atoms with Gasteiger partial charge in [-0.1, -0.05) is 6.92 Å². The summed E-state index contributed by atoms with van der Waals surface area (Å²) >= 11 is 0. The third-order valence-electron chi connectivity index (χ3n) is 5.86. The summed E-state index contributed by atoms with van der Waals surface area (Å²) in [5.74, 6) is -0.134. The highest BCUT2D eigenvalue weighted by Gasteiger charge is 2.23. The number of allylic oxidation sites excluding steroid dienone is 2. The number of ketones is 1. The van der Waals surface area contributed by atoms with Crippen LogP contribution in [0.4, 0.5) is 0 Å². The van der Waals surface area contributed by atoms with Gasteiger partial charge in [-0.2, -0.15) is 0 Å². The van der Waals surface area contributed by atoms with Gasteiger partial charge in [0.1, 0.15) is 0 Å². The van der Waals surface area contributed by atoms with Crippen molar-refractivity contribution in [3.05, 3.63) is 63.4 Å². The smallest absolute Gasteiger partial charge is 0.305 e. The first-order valence-corrected chi connectivity index (χ1v) is 10.8. The highest BCUT2D eigenvalue weighted by atomic mass is 35.5. The minimum absolute atomic E-state index is 0. The Morgan fingerprint density at radius 2 is 1.88 bits per heavy atom. The molecule has 172 valence electrons. The average molecular weight is 458 g/mol. The Hall–Kier alpha value is -2.86. The minimum atomic E-state index is -0.235. The molecular formula is C25H32ClN3O3. The van der Waals surface area contributed by atoms with Crippen LogP contribution in [-0.2, 0) is 9.53 Å². The molecule has 0 saturated heterocycles. The summed E-state index contributed by atoms with van der Waals surface area (Å²) in [6.45, 7) is 8.14. The van der Waals surface area contributed by atoms with Crippen LogP contribution in [0, 0.1) is 13.8 Å². The average Bonchev–Trinajstić information content (AvgIpc) is 3.44. The number of ether oxygens (including phenoxy) is 1. The standard InChI is InChI=1S/C25H31N3O3.ClH/c1-6-18-15(2)20(28-25(18)19-10-9-13-26-19)14-21-16(3)24(17(4)27-21)22(29)11-7-8-12-23(30)31-5;/h9-10,13-14,26-27H,6-8,11-12H2,1-5H3;1H/b20-14-;. The van der Waals surface area contributed by atoms with Crippen molar-refractivity contribution in [1.82, 2.24) is 9.97 Å². The molecule has 3 rings (SSSR count). The van der Waals surface area contributed by atoms with E-state index in [9.17, 15) is 9.59 Å². The Morgan fingerprint density at radius 1 is 1.16 bits per heavy atom. The highest BCUT2D eigenvalue weighted by molar-refractivity contribution is 6.15. The second kappa shape index (κ2) is 11.1. The lowest BCUT2D eigenvalue weighted by Gasteiger charge is -2.03. The lowest BCUT2D eigenvalue weighted by atomic mass is 9.99. The van der Waals surface area contributed by atoms with Crippen molar-refractivity contribution < 1.29 is 14.3 Å². The monoisotopic (exact) mass is 457 g/mol. The van der Waals surface area contributed by atoms with Gasteiger partial charge in [0.25, 0.3) is 0 Å². The van der Waals surface area contributed by atoms with Crippen molar-refractivity contribution >= 4 is 35.9 Å². The van der Waals surface area contributed by atoms with E-state index >= 15 is 0 Å². The molecule has 0 aliphatic carbocycles. The van der Waals surface area contributed by atoms with E-state index in [0.29, 0.717) is 25.7 Å². The minimum Gasteiger partial charge on any atom is -0.469 e. The molecule has 6 nitrogen and oxygen atoms in total. The van der Waals surface area contributed by atoms with E-state index in [2.05, 4.69) is 28.6 Å². The Bertz CT molecular complexity index is 1070. The molecule has 0 saturated carbocycles. The van der Waals surface area contributed by atoms with E-state index in [4.69, 9.17) is 4.99 Å². The van der Waals surface area contributed by atoms with Crippen molar-refractivity contribution in [3.8, 4) is 0 Å². The number of nitrogens with one attached hydrogen (secondary N) is 2. The van der Waals surface area contributed by atoms with Gasteiger partial charge in [-0.05, 0) is 75.0 Å². The molecule has 0 amide bonds. The lowest BCUT2D eigenvalue weighted by Crippen LogP contribution is -2.04. The van der Waals surface area contributed by atoms with Crippen LogP contribution in [0.3, 0.4) is 0 Å². The van der Waals surface area contributed by atoms with E-state index in [1.807, 2.05) is 38.3 Å². The number of hydrogen-bond donors (Lipinski definition) is 2. The molecular weight excluding hydrogens is 426 g/mol. The van der Waals surface area contributed by atoms with Crippen LogP contribution in [0.2, 0.25) is 0 Å². The number of unbranched alkanes of at least 4 members (excludes halogenated alkanes) is 1. The van der Waals surface area contributed by atoms with Gasteiger partial charge in [-0.3, -0.25) is 9.59 Å². The fourth-order valence-electron chi connectivity index (χ4n) is 4.13. The first-order valence-electron chi connectivity index (χ1n) is 10.8. The largest absolute Gasteiger partial charge is 0.469 e. The van der Waals surface area contributed by atoms with Crippen molar-refractivity contribution in [2.45, 2.75) is 59.8 Å². The number of rotatable bonds is 9. The Labute approximate surface area is 195 Å². The topological polar surface area (TPSA) is 87.3 Å². The van der Waals surface area contributed by atoms with Crippen LogP contribution < -0.4 is 0 Å². The molecule has 0 fully saturated rings. The van der Waals surface area contributed by atoms with Gasteiger partial charge < -0.3 is 14.7 Å². The predicted octanol–water partition coefficient (Wildman–Crippen LogP) is 5.87. The maximum atomic E-state index is 12.8. The van der Waals surface area contributed by atoms with E-state index in [0.717, 1.165) is 51.6 Å². The van der Waals surface area contributed by atoms with Crippen LogP contribution in [0.5, 0.6) is 0 Å². The second-order valence-electron chi connectivity index (χ2n) is 7.90. The van der Waals surface area contributed by atoms with Crippen molar-refractivity contribution in [1.29, 1.82) is 0 Å². The number of esters is 1. The fraction of sp³-hybridized carbons (Fsp3) is 0.400. The lowest BCUT2D eigenvalue weighted by molar-refractivity contribution is -0.140. The van der Waals surface area contributed by atoms with Gasteiger partial charge in [0.05, 0.1) is 24.2 Å². The molecule has 2 N–H and O–H groups in total. The molecule has 32 heavy (non-hydrogen) atoms. The van der Waals surface area contributed by atoms with Gasteiger partial charge in [0, 0.05) is 36.0 Å². The van der Waals surface area contributed by atoms with Gasteiger partial charge >= 0.3 is 5.97 Å². The number of nitrogens with zero attached hydrogens (tertiary/aromatic N) is 1. The van der Waals surface area contributed by atoms with Crippen LogP contribution in [0.1, 0.15) is 79.0 Å². The van der Waals surface area contributed by atoms with E-state index in [1.165, 1.54) is 12.7 Å². The van der Waals surface area contributed by atoms with Gasteiger partial charge in [-0.15, -0.1) is 12.4 Å². The summed E-state index contributed by atoms with van der Waals surface area (Å²) in [4.78, 5) is 35.6. The highest BCUT2D eigenvalue weighted by Crippen LogP contribution is 2.32. The van der Waals surface area contributed by atoms with Gasteiger partial charge in [0.15, 0.2) is 5.78 Å². The molecule has 0 atom stereocenters. The molecule has 0 aromatic carbocycles. The molecule has 0 radical (unpaired) electrons. The summed E-state index contributed by atoms with van der Waals surface area (Å²) in [5.41, 5.74) is 8.78. The molecule has 2 aromatic rings. The Balaban J connectivity index is 0.00000363. The third kappa shape index (κ3) is 5.30. The number of hydrogen-bond acceptors (Lipinski definition) is 4. The number of methoxy groups -OCH3 is 1. The number of halogens is 1. The zero-order valence-corrected chi connectivity index (χ0v) is 20.2. The normalized spacial score (nSPS) is 14.5. The molecule has 7 heteroatoms. The van der Waals surface area contributed by atoms with Crippen molar-refractivity contribution in [2.24, 2.45) is 4.99 Å². The first kappa shape index (κ1) is 25.4. The molecule has 1 aliphatic rings. The zero-order chi connectivity index (χ0) is 22.5. The fourth-order valence-corrected chi connectivity index (χ4v) is 4.13. The van der Waals surface area contributed by atoms with Crippen molar-refractivity contribution in [2.75, 3.05) is 7.11 Å². The van der Waals surface area contributed by atoms with E-state index < -0.39 is 0 Å². The third-order valence-corrected chi connectivity index (χ3v) is 5.86. The summed E-state index contributed by atoms with van der Waals surface area (Å²) < 4.78 is 4.65. The number of carbonyl (C=O) groups is 2. The van der Waals surface area contributed by atoms with Crippen LogP contribution in [-0.4, -0.2) is 34.5 Å². The quantitative estimate of drug-likeness (QED) is 0.280. The zero-order valence-electron chi connectivity index (χ0n) is 19.4. The Kier molecular flexibility index (Phi) is 8.84. The van der Waals surface area contributed by atoms with E-state index in [1.54, 1.807) is 0 Å². The Morgan fingerprint density at radius 3 is 2.50 bits per heavy atom. The van der Waals surface area contributed by atoms with Crippen LogP contribution in [0.25, 0.3) is 6.08 Å². The number of carbonyl (C=O) groups excluding carboxylic acids is 2. The summed E-state index contributed by atoms with van der Waals surface area (Å²) in [5, 5.41) is 0. The molecule has 0 spiro atoms. The number of aromatic nitrogens is 2. The summed E-state index contributed by atoms with van der Waals surface area (Å²) in [6, 6.07) is 4.01. The summed E-state index contributed by atoms with van der Waals surface area (Å²) in [7, 11) is 1.38. The molecule has 1 aliphatic heterocycles. The maximum absolute atomic E-state index is 12.8. The van der Waals surface area contributed by atoms with Crippen LogP contribution >= 0.6 is 12.4 Å². The molecule has 0 unspecified atom stereocenters. The van der Waals surface area contributed by atoms with E-state index in [-0.39, 0.29) is 24.2 Å². The predicted molar refractivity (Wildman–Crippen MR) is 131 cm³/mol. The second-order valence-corrected chi connectivity index (χ2v) is 7.90. The summed E-state index contributed by atoms with van der Waals surface area (Å²) in [6.07, 6.45) is 6.93. The number of Topliss-reactive ketones (excluding diaryl/α,β-unsaturated/α-hetero) is 1. The number of H-pyrrole nitrogens is 2. The molecule has 2 aromatic heterocycles. The SMILES string of the molecule is CCC1=C(C)/C(=C/c2[nH]c(C)c(C(=O)CCCCC(=O)OC)c2C)N=C1c1ccc[nH]1.Cl. The van der Waals surface area contributed by atoms with Crippen molar-refractivity contribution in [3.63, 3.8) is 0 Å². The molecule has 0 bridgehead atoms. The molecule has 3 heterocycles.